The van der Waals surface area contributed by atoms with Crippen molar-refractivity contribution in [3.8, 4) is 34.5 Å². The van der Waals surface area contributed by atoms with Crippen molar-refractivity contribution in [1.29, 1.82) is 0 Å². The van der Waals surface area contributed by atoms with E-state index in [2.05, 4.69) is 10.6 Å². The van der Waals surface area contributed by atoms with E-state index in [4.69, 9.17) is 4.74 Å². The molecule has 0 saturated heterocycles. The number of phenols is 5. The Labute approximate surface area is 272 Å². The molecule has 0 atom stereocenters. The molecule has 3 aromatic carbocycles. The van der Waals surface area contributed by atoms with Crippen LogP contribution in [0.2, 0.25) is 0 Å². The molecule has 3 rings (SSSR count). The molecule has 0 aliphatic carbocycles. The molecule has 0 saturated carbocycles. The van der Waals surface area contributed by atoms with Crippen LogP contribution >= 0.6 is 0 Å². The number of methoxy groups -OCH3 is 1. The third-order valence-electron chi connectivity index (χ3n) is 6.85. The second kappa shape index (κ2) is 18.2. The van der Waals surface area contributed by atoms with Gasteiger partial charge in [-0.05, 0) is 90.6 Å². The van der Waals surface area contributed by atoms with Crippen molar-refractivity contribution in [2.45, 2.75) is 19.3 Å². The zero-order valence-corrected chi connectivity index (χ0v) is 25.9. The van der Waals surface area contributed by atoms with E-state index in [0.717, 1.165) is 0 Å². The molecule has 0 heterocycles. The number of ether oxygens (including phenoxy) is 1. The number of hydrogen-bond acceptors (Lipinski definition) is 9. The van der Waals surface area contributed by atoms with E-state index in [9.17, 15) is 39.9 Å². The molecule has 12 nitrogen and oxygen atoms in total. The van der Waals surface area contributed by atoms with Crippen molar-refractivity contribution >= 4 is 35.9 Å². The van der Waals surface area contributed by atoms with Gasteiger partial charge in [-0.2, -0.15) is 0 Å². The lowest BCUT2D eigenvalue weighted by molar-refractivity contribution is -0.126. The van der Waals surface area contributed by atoms with Gasteiger partial charge in [0.25, 0.3) is 0 Å². The van der Waals surface area contributed by atoms with E-state index >= 15 is 0 Å². The Morgan fingerprint density at radius 1 is 0.617 bits per heavy atom. The molecule has 0 aliphatic heterocycles. The van der Waals surface area contributed by atoms with Crippen LogP contribution in [-0.4, -0.2) is 81.4 Å². The lowest BCUT2D eigenvalue weighted by atomic mass is 10.2. The Bertz CT molecular complexity index is 1630. The fourth-order valence-electron chi connectivity index (χ4n) is 4.27. The van der Waals surface area contributed by atoms with Gasteiger partial charge in [-0.15, -0.1) is 0 Å². The molecule has 0 bridgehead atoms. The number of benzene rings is 3. The van der Waals surface area contributed by atoms with E-state index in [-0.39, 0.29) is 46.5 Å². The first-order chi connectivity index (χ1) is 22.5. The number of rotatable bonds is 16. The summed E-state index contributed by atoms with van der Waals surface area (Å²) >= 11 is 0. The highest BCUT2D eigenvalue weighted by Crippen LogP contribution is 2.27. The predicted molar refractivity (Wildman–Crippen MR) is 178 cm³/mol. The first-order valence-corrected chi connectivity index (χ1v) is 14.9. The SMILES string of the molecule is COc1cc(/C=C/C(=O)NCCCN(CCCCNC(=O)/C=C/c2ccc(O)c(O)c2)C(=O)/C=C/c2ccc(O)c(O)c2)ccc1O. The molecule has 3 amide bonds. The highest BCUT2D eigenvalue weighted by Gasteiger charge is 2.11. The van der Waals surface area contributed by atoms with Crippen molar-refractivity contribution in [3.05, 3.63) is 89.5 Å². The predicted octanol–water partition coefficient (Wildman–Crippen LogP) is 3.89. The fourth-order valence-corrected chi connectivity index (χ4v) is 4.27. The molecular weight excluding hydrogens is 606 g/mol. The first kappa shape index (κ1) is 35.6. The molecule has 12 heteroatoms. The lowest BCUT2D eigenvalue weighted by Gasteiger charge is -2.21. The van der Waals surface area contributed by atoms with E-state index in [1.807, 2.05) is 0 Å². The average Bonchev–Trinajstić information content (AvgIpc) is 3.06. The summed E-state index contributed by atoms with van der Waals surface area (Å²) in [6, 6.07) is 13.1. The van der Waals surface area contributed by atoms with Crippen LogP contribution < -0.4 is 15.4 Å². The Morgan fingerprint density at radius 3 is 1.62 bits per heavy atom. The molecular formula is C35H39N3O9. The van der Waals surface area contributed by atoms with Crippen LogP contribution in [0.4, 0.5) is 0 Å². The van der Waals surface area contributed by atoms with Gasteiger partial charge in [-0.3, -0.25) is 14.4 Å². The zero-order chi connectivity index (χ0) is 34.2. The van der Waals surface area contributed by atoms with Gasteiger partial charge in [0.1, 0.15) is 0 Å². The number of nitrogens with zero attached hydrogens (tertiary/aromatic N) is 1. The minimum atomic E-state index is -0.333. The van der Waals surface area contributed by atoms with Crippen LogP contribution in [0.25, 0.3) is 18.2 Å². The van der Waals surface area contributed by atoms with Crippen LogP contribution in [0.15, 0.2) is 72.8 Å². The Balaban J connectivity index is 1.49. The third-order valence-corrected chi connectivity index (χ3v) is 6.85. The number of phenolic OH excluding ortho intramolecular Hbond substituents is 5. The lowest BCUT2D eigenvalue weighted by Crippen LogP contribution is -2.34. The van der Waals surface area contributed by atoms with Gasteiger partial charge in [0.2, 0.25) is 17.7 Å². The Morgan fingerprint density at radius 2 is 1.09 bits per heavy atom. The van der Waals surface area contributed by atoms with Crippen LogP contribution in [0.5, 0.6) is 34.5 Å². The summed E-state index contributed by atoms with van der Waals surface area (Å²) in [5.41, 5.74) is 1.74. The third kappa shape index (κ3) is 12.2. The van der Waals surface area contributed by atoms with Crippen LogP contribution in [0, 0.1) is 0 Å². The smallest absolute Gasteiger partial charge is 0.246 e. The molecule has 248 valence electrons. The molecule has 47 heavy (non-hydrogen) atoms. The van der Waals surface area contributed by atoms with Crippen molar-refractivity contribution in [3.63, 3.8) is 0 Å². The molecule has 0 unspecified atom stereocenters. The van der Waals surface area contributed by atoms with Gasteiger partial charge >= 0.3 is 0 Å². The second-order valence-corrected chi connectivity index (χ2v) is 10.4. The van der Waals surface area contributed by atoms with Crippen molar-refractivity contribution in [2.24, 2.45) is 0 Å². The highest BCUT2D eigenvalue weighted by molar-refractivity contribution is 5.93. The molecule has 0 radical (unpaired) electrons. The summed E-state index contributed by atoms with van der Waals surface area (Å²) < 4.78 is 5.07. The van der Waals surface area contributed by atoms with Gasteiger partial charge in [0.15, 0.2) is 34.5 Å². The molecule has 3 aromatic rings. The maximum Gasteiger partial charge on any atom is 0.246 e. The van der Waals surface area contributed by atoms with Gasteiger partial charge in [-0.1, -0.05) is 18.2 Å². The number of nitrogens with one attached hydrogen (secondary N) is 2. The fraction of sp³-hybridized carbons (Fsp3) is 0.229. The van der Waals surface area contributed by atoms with Crippen LogP contribution in [-0.2, 0) is 14.4 Å². The number of unbranched alkanes of at least 4 members (excludes halogenated alkanes) is 1. The molecule has 0 spiro atoms. The van der Waals surface area contributed by atoms with Crippen molar-refractivity contribution in [2.75, 3.05) is 33.3 Å². The largest absolute Gasteiger partial charge is 0.504 e. The quantitative estimate of drug-likeness (QED) is 0.0689. The van der Waals surface area contributed by atoms with Gasteiger partial charge < -0.3 is 45.8 Å². The highest BCUT2D eigenvalue weighted by atomic mass is 16.5. The Hall–Kier alpha value is -5.91. The summed E-state index contributed by atoms with van der Waals surface area (Å²) in [5.74, 6) is -1.76. The van der Waals surface area contributed by atoms with Gasteiger partial charge in [-0.25, -0.2) is 0 Å². The van der Waals surface area contributed by atoms with E-state index in [1.165, 1.54) is 67.8 Å². The number of amides is 3. The Kier molecular flexibility index (Phi) is 13.7. The van der Waals surface area contributed by atoms with Crippen LogP contribution in [0.1, 0.15) is 36.0 Å². The number of carbonyl (C=O) groups excluding carboxylic acids is 3. The monoisotopic (exact) mass is 645 g/mol. The molecule has 0 aliphatic rings. The summed E-state index contributed by atoms with van der Waals surface area (Å²) in [5, 5.41) is 53.5. The molecule has 7 N–H and O–H groups in total. The van der Waals surface area contributed by atoms with Crippen LogP contribution in [0.3, 0.4) is 0 Å². The number of aromatic hydroxyl groups is 5. The maximum absolute atomic E-state index is 13.1. The average molecular weight is 646 g/mol. The number of hydrogen-bond donors (Lipinski definition) is 7. The summed E-state index contributed by atoms with van der Waals surface area (Å²) in [6.45, 7) is 1.41. The van der Waals surface area contributed by atoms with E-state index in [0.29, 0.717) is 67.9 Å². The van der Waals surface area contributed by atoms with E-state index < -0.39 is 0 Å². The van der Waals surface area contributed by atoms with Gasteiger partial charge in [0.05, 0.1) is 7.11 Å². The van der Waals surface area contributed by atoms with Crippen molar-refractivity contribution in [1.82, 2.24) is 15.5 Å². The van der Waals surface area contributed by atoms with Crippen molar-refractivity contribution < 1.29 is 44.7 Å². The number of carbonyl (C=O) groups is 3. The summed E-state index contributed by atoms with van der Waals surface area (Å²) in [4.78, 5) is 39.2. The normalized spacial score (nSPS) is 11.3. The van der Waals surface area contributed by atoms with Gasteiger partial charge in [0, 0.05) is 44.4 Å². The second-order valence-electron chi connectivity index (χ2n) is 10.4. The molecule has 0 aromatic heterocycles. The summed E-state index contributed by atoms with van der Waals surface area (Å²) in [7, 11) is 1.43. The summed E-state index contributed by atoms with van der Waals surface area (Å²) in [6.07, 6.45) is 10.3. The molecule has 0 fully saturated rings. The zero-order valence-electron chi connectivity index (χ0n) is 25.9. The van der Waals surface area contributed by atoms with E-state index in [1.54, 1.807) is 35.2 Å². The minimum Gasteiger partial charge on any atom is -0.504 e. The maximum atomic E-state index is 13.1. The first-order valence-electron chi connectivity index (χ1n) is 14.9. The minimum absolute atomic E-state index is 0.00399. The standard InChI is InChI=1S/C35H39N3O9/c1-47-32-23-26(7-13-29(32)41)9-15-34(45)37-18-4-20-38(35(46)16-10-25-6-12-28(40)31(43)22-25)19-3-2-17-36-33(44)14-8-24-5-11-27(39)30(42)21-24/h5-16,21-23,39-43H,2-4,17-20H2,1H3,(H,36,44)(H,37,45)/b14-8+,15-9+,16-10+. The topological polar surface area (TPSA) is 189 Å².